The summed E-state index contributed by atoms with van der Waals surface area (Å²) in [5.41, 5.74) is 0.0308. The summed E-state index contributed by atoms with van der Waals surface area (Å²) < 4.78 is 10.2. The highest BCUT2D eigenvalue weighted by Crippen LogP contribution is 2.18. The summed E-state index contributed by atoms with van der Waals surface area (Å²) in [6.45, 7) is 11.5. The number of hydrogen-bond acceptors (Lipinski definition) is 5. The molecular formula is C15H32N2O3S. The molecule has 0 aromatic heterocycles. The van der Waals surface area contributed by atoms with Crippen LogP contribution in [0.15, 0.2) is 0 Å². The normalized spacial score (nSPS) is 14.8. The SMILES string of the molecule is CCCOCCNC(=O)C(C)(S)COCC(C)(C)CNC. The minimum absolute atomic E-state index is 0.0308. The summed E-state index contributed by atoms with van der Waals surface area (Å²) in [6.07, 6.45) is 0.981. The lowest BCUT2D eigenvalue weighted by atomic mass is 9.95. The Morgan fingerprint density at radius 1 is 1.14 bits per heavy atom. The topological polar surface area (TPSA) is 59.6 Å². The average molecular weight is 320 g/mol. The van der Waals surface area contributed by atoms with Crippen LogP contribution < -0.4 is 10.6 Å². The third kappa shape index (κ3) is 10.1. The Kier molecular flexibility index (Phi) is 10.3. The van der Waals surface area contributed by atoms with Crippen LogP contribution in [0, 0.1) is 5.41 Å². The Balaban J connectivity index is 3.97. The highest BCUT2D eigenvalue weighted by atomic mass is 32.1. The summed E-state index contributed by atoms with van der Waals surface area (Å²) in [7, 11) is 1.92. The van der Waals surface area contributed by atoms with Crippen LogP contribution in [0.4, 0.5) is 0 Å². The fraction of sp³-hybridized carbons (Fsp3) is 0.933. The highest BCUT2D eigenvalue weighted by Gasteiger charge is 2.30. The van der Waals surface area contributed by atoms with Crippen LogP contribution >= 0.6 is 12.6 Å². The third-order valence-electron chi connectivity index (χ3n) is 2.90. The minimum atomic E-state index is -0.833. The van der Waals surface area contributed by atoms with Crippen molar-refractivity contribution in [2.75, 3.05) is 46.6 Å². The molecule has 0 saturated heterocycles. The number of carbonyl (C=O) groups is 1. The fourth-order valence-corrected chi connectivity index (χ4v) is 1.97. The summed E-state index contributed by atoms with van der Waals surface area (Å²) in [4.78, 5) is 12.0. The molecule has 1 unspecified atom stereocenters. The smallest absolute Gasteiger partial charge is 0.238 e. The first-order valence-electron chi connectivity index (χ1n) is 7.56. The first kappa shape index (κ1) is 20.7. The highest BCUT2D eigenvalue weighted by molar-refractivity contribution is 7.82. The molecule has 1 atom stereocenters. The van der Waals surface area contributed by atoms with Gasteiger partial charge in [0.25, 0.3) is 0 Å². The summed E-state index contributed by atoms with van der Waals surface area (Å²) >= 11 is 4.41. The van der Waals surface area contributed by atoms with Crippen molar-refractivity contribution in [3.63, 3.8) is 0 Å². The van der Waals surface area contributed by atoms with Crippen molar-refractivity contribution in [3.8, 4) is 0 Å². The maximum absolute atomic E-state index is 12.0. The zero-order valence-corrected chi connectivity index (χ0v) is 15.0. The Labute approximate surface area is 134 Å². The average Bonchev–Trinajstić information content (AvgIpc) is 2.37. The van der Waals surface area contributed by atoms with Crippen molar-refractivity contribution in [2.24, 2.45) is 5.41 Å². The number of nitrogens with one attached hydrogen (secondary N) is 2. The molecule has 0 aromatic rings. The van der Waals surface area contributed by atoms with Crippen LogP contribution in [0.1, 0.15) is 34.1 Å². The molecule has 0 fully saturated rings. The molecule has 0 spiro atoms. The molecule has 2 N–H and O–H groups in total. The van der Waals surface area contributed by atoms with Gasteiger partial charge in [0.1, 0.15) is 4.75 Å². The van der Waals surface area contributed by atoms with E-state index >= 15 is 0 Å². The van der Waals surface area contributed by atoms with Crippen molar-refractivity contribution in [1.82, 2.24) is 10.6 Å². The van der Waals surface area contributed by atoms with Gasteiger partial charge in [-0.15, -0.1) is 0 Å². The number of amides is 1. The molecule has 1 amide bonds. The predicted octanol–water partition coefficient (Wildman–Crippen LogP) is 1.48. The van der Waals surface area contributed by atoms with E-state index in [1.807, 2.05) is 7.05 Å². The fourth-order valence-electron chi connectivity index (χ4n) is 1.79. The van der Waals surface area contributed by atoms with Gasteiger partial charge in [-0.2, -0.15) is 12.6 Å². The van der Waals surface area contributed by atoms with E-state index in [0.29, 0.717) is 19.8 Å². The van der Waals surface area contributed by atoms with Crippen LogP contribution in [0.3, 0.4) is 0 Å². The van der Waals surface area contributed by atoms with Gasteiger partial charge in [-0.3, -0.25) is 4.79 Å². The van der Waals surface area contributed by atoms with E-state index in [1.54, 1.807) is 6.92 Å². The van der Waals surface area contributed by atoms with E-state index in [4.69, 9.17) is 9.47 Å². The van der Waals surface area contributed by atoms with Crippen molar-refractivity contribution in [1.29, 1.82) is 0 Å². The number of hydrogen-bond donors (Lipinski definition) is 3. The van der Waals surface area contributed by atoms with E-state index in [-0.39, 0.29) is 17.9 Å². The van der Waals surface area contributed by atoms with Crippen LogP contribution in [0.2, 0.25) is 0 Å². The van der Waals surface area contributed by atoms with Crippen LogP contribution in [0.25, 0.3) is 0 Å². The molecule has 0 radical (unpaired) electrons. The van der Waals surface area contributed by atoms with Crippen molar-refractivity contribution >= 4 is 18.5 Å². The van der Waals surface area contributed by atoms with Gasteiger partial charge in [0, 0.05) is 25.1 Å². The second kappa shape index (κ2) is 10.4. The summed E-state index contributed by atoms with van der Waals surface area (Å²) in [6, 6.07) is 0. The standard InChI is InChI=1S/C15H32N2O3S/c1-6-8-19-9-7-17-13(18)15(4,21)12-20-11-14(2,3)10-16-5/h16,21H,6-12H2,1-5H3,(H,17,18). The monoisotopic (exact) mass is 320 g/mol. The molecular weight excluding hydrogens is 288 g/mol. The first-order chi connectivity index (χ1) is 9.75. The maximum atomic E-state index is 12.0. The van der Waals surface area contributed by atoms with Crippen molar-refractivity contribution in [3.05, 3.63) is 0 Å². The molecule has 5 nitrogen and oxygen atoms in total. The number of rotatable bonds is 12. The van der Waals surface area contributed by atoms with Gasteiger partial charge in [0.2, 0.25) is 5.91 Å². The van der Waals surface area contributed by atoms with Gasteiger partial charge >= 0.3 is 0 Å². The molecule has 0 bridgehead atoms. The molecule has 21 heavy (non-hydrogen) atoms. The van der Waals surface area contributed by atoms with Gasteiger partial charge in [-0.1, -0.05) is 20.8 Å². The minimum Gasteiger partial charge on any atom is -0.380 e. The molecule has 0 heterocycles. The molecule has 0 aliphatic rings. The largest absolute Gasteiger partial charge is 0.380 e. The molecule has 0 aromatic carbocycles. The summed E-state index contributed by atoms with van der Waals surface area (Å²) in [5, 5.41) is 5.95. The van der Waals surface area contributed by atoms with Crippen LogP contribution in [-0.2, 0) is 14.3 Å². The Morgan fingerprint density at radius 3 is 2.38 bits per heavy atom. The van der Waals surface area contributed by atoms with Crippen molar-refractivity contribution < 1.29 is 14.3 Å². The van der Waals surface area contributed by atoms with E-state index in [9.17, 15) is 4.79 Å². The third-order valence-corrected chi connectivity index (χ3v) is 3.23. The van der Waals surface area contributed by atoms with Gasteiger partial charge in [-0.05, 0) is 20.4 Å². The van der Waals surface area contributed by atoms with Crippen LogP contribution in [0.5, 0.6) is 0 Å². The number of carbonyl (C=O) groups excluding carboxylic acids is 1. The molecule has 6 heteroatoms. The Hall–Kier alpha value is -0.300. The molecule has 126 valence electrons. The predicted molar refractivity (Wildman–Crippen MR) is 90.0 cm³/mol. The van der Waals surface area contributed by atoms with E-state index in [0.717, 1.165) is 19.6 Å². The van der Waals surface area contributed by atoms with Crippen LogP contribution in [-0.4, -0.2) is 57.2 Å². The zero-order valence-electron chi connectivity index (χ0n) is 14.1. The number of ether oxygens (including phenoxy) is 2. The maximum Gasteiger partial charge on any atom is 0.238 e. The first-order valence-corrected chi connectivity index (χ1v) is 8.00. The lowest BCUT2D eigenvalue weighted by Crippen LogP contribution is -2.45. The van der Waals surface area contributed by atoms with Gasteiger partial charge in [0.15, 0.2) is 0 Å². The molecule has 0 saturated carbocycles. The van der Waals surface area contributed by atoms with Gasteiger partial charge in [0.05, 0.1) is 19.8 Å². The zero-order chi connectivity index (χ0) is 16.4. The van der Waals surface area contributed by atoms with Gasteiger partial charge in [-0.25, -0.2) is 0 Å². The van der Waals surface area contributed by atoms with E-state index in [1.165, 1.54) is 0 Å². The van der Waals surface area contributed by atoms with Crippen molar-refractivity contribution in [2.45, 2.75) is 38.9 Å². The molecule has 0 aliphatic heterocycles. The molecule has 0 rings (SSSR count). The van der Waals surface area contributed by atoms with Gasteiger partial charge < -0.3 is 20.1 Å². The second-order valence-corrected chi connectivity index (χ2v) is 7.32. The summed E-state index contributed by atoms with van der Waals surface area (Å²) in [5.74, 6) is -0.127. The molecule has 0 aliphatic carbocycles. The Morgan fingerprint density at radius 2 is 1.81 bits per heavy atom. The van der Waals surface area contributed by atoms with E-state index < -0.39 is 4.75 Å². The van der Waals surface area contributed by atoms with E-state index in [2.05, 4.69) is 44.0 Å². The lowest BCUT2D eigenvalue weighted by Gasteiger charge is -2.27. The lowest BCUT2D eigenvalue weighted by molar-refractivity contribution is -0.125. The second-order valence-electron chi connectivity index (χ2n) is 6.33. The quantitative estimate of drug-likeness (QED) is 0.377. The Bertz CT molecular complexity index is 297. The number of thiol groups is 1.